The number of nitrogens with zero attached hydrogens (tertiary/aromatic N) is 2. The van der Waals surface area contributed by atoms with Crippen molar-refractivity contribution in [3.05, 3.63) is 34.3 Å². The minimum absolute atomic E-state index is 0.103. The van der Waals surface area contributed by atoms with Crippen LogP contribution in [0.15, 0.2) is 33.8 Å². The summed E-state index contributed by atoms with van der Waals surface area (Å²) in [6.45, 7) is 6.22. The van der Waals surface area contributed by atoms with Crippen LogP contribution in [0.2, 0.25) is 0 Å². The van der Waals surface area contributed by atoms with Gasteiger partial charge in [0.1, 0.15) is 0 Å². The highest BCUT2D eigenvalue weighted by atomic mass is 79.9. The van der Waals surface area contributed by atoms with Gasteiger partial charge in [0.05, 0.1) is 6.21 Å². The highest BCUT2D eigenvalue weighted by Crippen LogP contribution is 2.54. The maximum Gasteiger partial charge on any atom is 0.253 e. The molecule has 1 saturated carbocycles. The fourth-order valence-electron chi connectivity index (χ4n) is 3.56. The largest absolute Gasteiger partial charge is 0.272 e. The zero-order valence-corrected chi connectivity index (χ0v) is 14.5. The van der Waals surface area contributed by atoms with Crippen molar-refractivity contribution >= 4 is 34.0 Å². The molecular weight excluding hydrogens is 344 g/mol. The summed E-state index contributed by atoms with van der Waals surface area (Å²) in [7, 11) is 0. The third-order valence-corrected chi connectivity index (χ3v) is 6.14. The van der Waals surface area contributed by atoms with Crippen LogP contribution >= 0.6 is 15.9 Å². The van der Waals surface area contributed by atoms with E-state index in [1.807, 2.05) is 24.3 Å². The highest BCUT2D eigenvalue weighted by Gasteiger charge is 2.58. The Kier molecular flexibility index (Phi) is 3.71. The van der Waals surface area contributed by atoms with Gasteiger partial charge in [-0.25, -0.2) is 0 Å². The lowest BCUT2D eigenvalue weighted by Gasteiger charge is -2.30. The average molecular weight is 363 g/mol. The lowest BCUT2D eigenvalue weighted by atomic mass is 9.75. The van der Waals surface area contributed by atoms with Gasteiger partial charge in [-0.15, -0.1) is 0 Å². The summed E-state index contributed by atoms with van der Waals surface area (Å²) < 4.78 is 0.882. The molecule has 2 amide bonds. The summed E-state index contributed by atoms with van der Waals surface area (Å²) >= 11 is 3.44. The molecule has 1 aromatic rings. The number of halogens is 1. The molecule has 2 fully saturated rings. The summed E-state index contributed by atoms with van der Waals surface area (Å²) in [6, 6.07) is 7.58. The molecule has 2 aliphatic rings. The number of hydrazone groups is 1. The number of amides is 2. The minimum atomic E-state index is -0.168. The van der Waals surface area contributed by atoms with Gasteiger partial charge in [-0.1, -0.05) is 54.9 Å². The molecule has 116 valence electrons. The molecule has 2 bridgehead atoms. The van der Waals surface area contributed by atoms with Gasteiger partial charge in [-0.3, -0.25) is 9.59 Å². The summed E-state index contributed by atoms with van der Waals surface area (Å²) in [4.78, 5) is 25.2. The fraction of sp³-hybridized carbons (Fsp3) is 0.471. The van der Waals surface area contributed by atoms with E-state index >= 15 is 0 Å². The topological polar surface area (TPSA) is 49.7 Å². The third-order valence-electron chi connectivity index (χ3n) is 5.42. The van der Waals surface area contributed by atoms with Crippen LogP contribution in [0, 0.1) is 23.2 Å². The molecule has 3 rings (SSSR count). The van der Waals surface area contributed by atoms with Crippen LogP contribution in [0.25, 0.3) is 0 Å². The Balaban J connectivity index is 1.91. The van der Waals surface area contributed by atoms with Crippen molar-refractivity contribution in [2.45, 2.75) is 27.2 Å². The van der Waals surface area contributed by atoms with E-state index in [9.17, 15) is 9.59 Å². The van der Waals surface area contributed by atoms with Crippen molar-refractivity contribution in [3.63, 3.8) is 0 Å². The number of carbonyl (C=O) groups excluding carboxylic acids is 2. The van der Waals surface area contributed by atoms with Gasteiger partial charge in [0.2, 0.25) is 0 Å². The second-order valence-corrected chi connectivity index (χ2v) is 7.61. The first-order chi connectivity index (χ1) is 10.3. The standard InChI is InChI=1S/C17H19BrN2O2/c1-10-12-8-13(17(10,2)3)16(22)20(15(12)21)19-9-11-6-4-5-7-14(11)18/h4-7,9-10,12-13H,8H2,1-3H3/b19-9+. The average Bonchev–Trinajstić information content (AvgIpc) is 2.69. The summed E-state index contributed by atoms with van der Waals surface area (Å²) in [5, 5.41) is 5.28. The van der Waals surface area contributed by atoms with Gasteiger partial charge in [0.25, 0.3) is 11.8 Å². The van der Waals surface area contributed by atoms with Crippen molar-refractivity contribution in [3.8, 4) is 0 Å². The Labute approximate surface area is 138 Å². The molecule has 1 aromatic carbocycles. The molecule has 0 radical (unpaired) electrons. The fourth-order valence-corrected chi connectivity index (χ4v) is 3.95. The Morgan fingerprint density at radius 1 is 1.27 bits per heavy atom. The van der Waals surface area contributed by atoms with E-state index in [0.29, 0.717) is 6.42 Å². The van der Waals surface area contributed by atoms with Crippen molar-refractivity contribution in [1.29, 1.82) is 0 Å². The lowest BCUT2D eigenvalue weighted by molar-refractivity contribution is -0.153. The number of carbonyl (C=O) groups is 2. The van der Waals surface area contributed by atoms with E-state index in [-0.39, 0.29) is 35.0 Å². The van der Waals surface area contributed by atoms with E-state index in [1.54, 1.807) is 6.21 Å². The van der Waals surface area contributed by atoms with Gasteiger partial charge in [0, 0.05) is 21.9 Å². The van der Waals surface area contributed by atoms with Gasteiger partial charge >= 0.3 is 0 Å². The van der Waals surface area contributed by atoms with E-state index in [1.165, 1.54) is 0 Å². The molecule has 1 heterocycles. The maximum absolute atomic E-state index is 12.6. The second kappa shape index (κ2) is 5.30. The molecule has 0 aromatic heterocycles. The number of hydrogen-bond acceptors (Lipinski definition) is 3. The van der Waals surface area contributed by atoms with Crippen molar-refractivity contribution < 1.29 is 9.59 Å². The van der Waals surface area contributed by atoms with Gasteiger partial charge in [-0.05, 0) is 23.8 Å². The number of imide groups is 1. The summed E-state index contributed by atoms with van der Waals surface area (Å²) in [5.41, 5.74) is 0.683. The zero-order chi connectivity index (χ0) is 16.1. The molecule has 3 unspecified atom stereocenters. The molecule has 1 aliphatic carbocycles. The quantitative estimate of drug-likeness (QED) is 0.597. The van der Waals surface area contributed by atoms with E-state index in [4.69, 9.17) is 0 Å². The molecule has 1 saturated heterocycles. The van der Waals surface area contributed by atoms with Crippen LogP contribution < -0.4 is 0 Å². The number of piperidine rings is 1. The van der Waals surface area contributed by atoms with Gasteiger partial charge < -0.3 is 0 Å². The molecule has 22 heavy (non-hydrogen) atoms. The smallest absolute Gasteiger partial charge is 0.253 e. The first kappa shape index (κ1) is 15.4. The van der Waals surface area contributed by atoms with Crippen LogP contribution in [0.5, 0.6) is 0 Å². The second-order valence-electron chi connectivity index (χ2n) is 6.76. The normalized spacial score (nSPS) is 30.4. The third kappa shape index (κ3) is 2.22. The highest BCUT2D eigenvalue weighted by molar-refractivity contribution is 9.10. The van der Waals surface area contributed by atoms with Crippen LogP contribution in [0.1, 0.15) is 32.8 Å². The molecule has 5 heteroatoms. The summed E-state index contributed by atoms with van der Waals surface area (Å²) in [5.74, 6) is -0.366. The number of hydrogen-bond donors (Lipinski definition) is 0. The van der Waals surface area contributed by atoms with Crippen LogP contribution in [-0.4, -0.2) is 23.0 Å². The van der Waals surface area contributed by atoms with Gasteiger partial charge in [0.15, 0.2) is 0 Å². The molecule has 0 N–H and O–H groups in total. The number of rotatable bonds is 2. The van der Waals surface area contributed by atoms with Crippen molar-refractivity contribution in [1.82, 2.24) is 5.01 Å². The Hall–Kier alpha value is -1.49. The van der Waals surface area contributed by atoms with E-state index < -0.39 is 0 Å². The lowest BCUT2D eigenvalue weighted by Crippen LogP contribution is -2.44. The molecular formula is C17H19BrN2O2. The predicted octanol–water partition coefficient (Wildman–Crippen LogP) is 3.45. The Morgan fingerprint density at radius 3 is 2.64 bits per heavy atom. The zero-order valence-electron chi connectivity index (χ0n) is 12.9. The number of fused-ring (bicyclic) bond motifs is 2. The molecule has 4 nitrogen and oxygen atoms in total. The Morgan fingerprint density at radius 2 is 1.95 bits per heavy atom. The van der Waals surface area contributed by atoms with Crippen molar-refractivity contribution in [2.24, 2.45) is 28.3 Å². The SMILES string of the molecule is CC1C2CC(C(=O)N(/N=C/c3ccccc3Br)C2=O)C1(C)C. The van der Waals surface area contributed by atoms with Crippen LogP contribution in [0.4, 0.5) is 0 Å². The van der Waals surface area contributed by atoms with E-state index in [0.717, 1.165) is 15.0 Å². The van der Waals surface area contributed by atoms with Gasteiger partial charge in [-0.2, -0.15) is 10.1 Å². The predicted molar refractivity (Wildman–Crippen MR) is 88.1 cm³/mol. The Bertz CT molecular complexity index is 668. The molecule has 3 atom stereocenters. The minimum Gasteiger partial charge on any atom is -0.272 e. The van der Waals surface area contributed by atoms with Crippen molar-refractivity contribution in [2.75, 3.05) is 0 Å². The van der Waals surface area contributed by atoms with Crippen LogP contribution in [-0.2, 0) is 9.59 Å². The first-order valence-corrected chi connectivity index (χ1v) is 8.29. The summed E-state index contributed by atoms with van der Waals surface area (Å²) in [6.07, 6.45) is 2.23. The maximum atomic E-state index is 12.6. The van der Waals surface area contributed by atoms with E-state index in [2.05, 4.69) is 41.8 Å². The molecule has 0 spiro atoms. The molecule has 1 aliphatic heterocycles. The first-order valence-electron chi connectivity index (χ1n) is 7.50. The number of benzene rings is 1. The van der Waals surface area contributed by atoms with Crippen LogP contribution in [0.3, 0.4) is 0 Å². The monoisotopic (exact) mass is 362 g/mol.